The second-order valence-electron chi connectivity index (χ2n) is 12.3. The summed E-state index contributed by atoms with van der Waals surface area (Å²) in [7, 11) is 0. The molecule has 0 radical (unpaired) electrons. The third-order valence-electron chi connectivity index (χ3n) is 9.63. The number of fused-ring (bicyclic) bond motifs is 6. The van der Waals surface area contributed by atoms with E-state index < -0.39 is 0 Å². The summed E-state index contributed by atoms with van der Waals surface area (Å²) in [6, 6.07) is 57.7. The second-order valence-corrected chi connectivity index (χ2v) is 12.3. The predicted octanol–water partition coefficient (Wildman–Crippen LogP) is 10.8. The van der Waals surface area contributed by atoms with Gasteiger partial charge in [-0.1, -0.05) is 91.0 Å². The van der Waals surface area contributed by atoms with E-state index in [0.29, 0.717) is 16.7 Å². The van der Waals surface area contributed by atoms with Gasteiger partial charge < -0.3 is 9.13 Å². The molecule has 0 saturated carbocycles. The second kappa shape index (κ2) is 11.4. The molecular formula is C45H25N5. The summed E-state index contributed by atoms with van der Waals surface area (Å²) in [5, 5.41) is 34.7. The maximum Gasteiger partial charge on any atom is 0.102 e. The molecule has 0 spiro atoms. The SMILES string of the molecule is N#Cc1ccc(-c2cccc(-c3cccc(-n4c5ccccc5c5ccccc54)c3C#N)c2)c(-n2c3ccccc3c3cc(C#N)ccc32)c1. The summed E-state index contributed by atoms with van der Waals surface area (Å²) >= 11 is 0. The van der Waals surface area contributed by atoms with Crippen molar-refractivity contribution in [2.24, 2.45) is 0 Å². The fourth-order valence-corrected chi connectivity index (χ4v) is 7.45. The van der Waals surface area contributed by atoms with E-state index in [-0.39, 0.29) is 0 Å². The topological polar surface area (TPSA) is 81.2 Å². The average Bonchev–Trinajstić information content (AvgIpc) is 3.70. The minimum atomic E-state index is 0.546. The lowest BCUT2D eigenvalue weighted by atomic mass is 9.94. The van der Waals surface area contributed by atoms with Crippen LogP contribution in [0.25, 0.3) is 77.2 Å². The van der Waals surface area contributed by atoms with Crippen LogP contribution in [0, 0.1) is 34.0 Å². The molecule has 0 bridgehead atoms. The highest BCUT2D eigenvalue weighted by atomic mass is 15.0. The van der Waals surface area contributed by atoms with E-state index in [1.165, 1.54) is 0 Å². The van der Waals surface area contributed by atoms with Crippen molar-refractivity contribution in [1.82, 2.24) is 9.13 Å². The molecule has 5 nitrogen and oxygen atoms in total. The van der Waals surface area contributed by atoms with Gasteiger partial charge in [-0.15, -0.1) is 0 Å². The van der Waals surface area contributed by atoms with Gasteiger partial charge in [-0.2, -0.15) is 15.8 Å². The Morgan fingerprint density at radius 1 is 0.360 bits per heavy atom. The maximum absolute atomic E-state index is 10.7. The monoisotopic (exact) mass is 635 g/mol. The zero-order valence-electron chi connectivity index (χ0n) is 26.7. The first-order chi connectivity index (χ1) is 24.7. The molecule has 0 aliphatic rings. The largest absolute Gasteiger partial charge is 0.309 e. The lowest BCUT2D eigenvalue weighted by Crippen LogP contribution is -2.00. The molecule has 0 saturated heterocycles. The third-order valence-corrected chi connectivity index (χ3v) is 9.63. The Labute approximate surface area is 287 Å². The minimum Gasteiger partial charge on any atom is -0.309 e. The lowest BCUT2D eigenvalue weighted by molar-refractivity contribution is 1.17. The van der Waals surface area contributed by atoms with E-state index in [9.17, 15) is 15.8 Å². The van der Waals surface area contributed by atoms with Gasteiger partial charge in [0.1, 0.15) is 6.07 Å². The van der Waals surface area contributed by atoms with Gasteiger partial charge in [0.25, 0.3) is 0 Å². The van der Waals surface area contributed by atoms with Crippen LogP contribution in [0.1, 0.15) is 16.7 Å². The van der Waals surface area contributed by atoms with Crippen molar-refractivity contribution < 1.29 is 0 Å². The van der Waals surface area contributed by atoms with Crippen molar-refractivity contribution in [3.8, 4) is 51.8 Å². The molecule has 0 fully saturated rings. The first-order valence-electron chi connectivity index (χ1n) is 16.3. The highest BCUT2D eigenvalue weighted by molar-refractivity contribution is 6.11. The van der Waals surface area contributed by atoms with E-state index in [4.69, 9.17) is 0 Å². The fourth-order valence-electron chi connectivity index (χ4n) is 7.45. The first kappa shape index (κ1) is 28.8. The van der Waals surface area contributed by atoms with E-state index >= 15 is 0 Å². The van der Waals surface area contributed by atoms with Crippen LogP contribution in [0.3, 0.4) is 0 Å². The van der Waals surface area contributed by atoms with Gasteiger partial charge in [0.05, 0.1) is 62.3 Å². The van der Waals surface area contributed by atoms with Gasteiger partial charge in [0.15, 0.2) is 0 Å². The number of para-hydroxylation sites is 3. The summed E-state index contributed by atoms with van der Waals surface area (Å²) in [4.78, 5) is 0. The van der Waals surface area contributed by atoms with Crippen LogP contribution < -0.4 is 0 Å². The molecule has 9 aromatic rings. The number of nitriles is 3. The molecule has 7 aromatic carbocycles. The zero-order chi connectivity index (χ0) is 33.8. The number of rotatable bonds is 4. The third kappa shape index (κ3) is 4.31. The van der Waals surface area contributed by atoms with Crippen molar-refractivity contribution in [1.29, 1.82) is 15.8 Å². The number of hydrogen-bond acceptors (Lipinski definition) is 3. The normalized spacial score (nSPS) is 11.1. The fraction of sp³-hybridized carbons (Fsp3) is 0. The summed E-state index contributed by atoms with van der Waals surface area (Å²) in [5.74, 6) is 0. The zero-order valence-corrected chi connectivity index (χ0v) is 26.7. The Kier molecular flexibility index (Phi) is 6.56. The molecule has 9 rings (SSSR count). The van der Waals surface area contributed by atoms with Crippen molar-refractivity contribution in [3.63, 3.8) is 0 Å². The average molecular weight is 636 g/mol. The Balaban J connectivity index is 1.26. The molecular weight excluding hydrogens is 611 g/mol. The van der Waals surface area contributed by atoms with Crippen LogP contribution in [0.4, 0.5) is 0 Å². The summed E-state index contributed by atoms with van der Waals surface area (Å²) in [6.07, 6.45) is 0. The van der Waals surface area contributed by atoms with Gasteiger partial charge in [0.2, 0.25) is 0 Å². The van der Waals surface area contributed by atoms with Crippen LogP contribution in [0.15, 0.2) is 152 Å². The van der Waals surface area contributed by atoms with Gasteiger partial charge in [-0.3, -0.25) is 0 Å². The molecule has 2 heterocycles. The predicted molar refractivity (Wildman–Crippen MR) is 200 cm³/mol. The Morgan fingerprint density at radius 3 is 1.52 bits per heavy atom. The van der Waals surface area contributed by atoms with Crippen LogP contribution in [-0.2, 0) is 0 Å². The van der Waals surface area contributed by atoms with Crippen molar-refractivity contribution >= 4 is 43.6 Å². The highest BCUT2D eigenvalue weighted by Gasteiger charge is 2.20. The standard InChI is InChI=1S/C45H25N5/c46-26-29-20-22-44-38(23-29)37-13-3-6-17-42(37)50(44)45-24-30(27-47)19-21-34(45)32-10-7-9-31(25-32)33-14-8-18-43(39(33)28-48)49-40-15-4-1-11-35(40)36-12-2-5-16-41(36)49/h1-25H. The Hall–Kier alpha value is -7.39. The van der Waals surface area contributed by atoms with Gasteiger partial charge in [0, 0.05) is 32.7 Å². The molecule has 2 aromatic heterocycles. The molecule has 0 unspecified atom stereocenters. The molecule has 0 aliphatic carbocycles. The number of hydrogen-bond donors (Lipinski definition) is 0. The van der Waals surface area contributed by atoms with Crippen LogP contribution in [0.5, 0.6) is 0 Å². The van der Waals surface area contributed by atoms with E-state index in [2.05, 4.69) is 75.9 Å². The van der Waals surface area contributed by atoms with Crippen molar-refractivity contribution in [3.05, 3.63) is 168 Å². The van der Waals surface area contributed by atoms with Crippen LogP contribution in [-0.4, -0.2) is 9.13 Å². The summed E-state index contributed by atoms with van der Waals surface area (Å²) < 4.78 is 4.37. The van der Waals surface area contributed by atoms with E-state index in [1.807, 2.05) is 103 Å². The van der Waals surface area contributed by atoms with Crippen molar-refractivity contribution in [2.45, 2.75) is 0 Å². The number of benzene rings is 7. The summed E-state index contributed by atoms with van der Waals surface area (Å²) in [5.41, 5.74) is 11.1. The molecule has 5 heteroatoms. The minimum absolute atomic E-state index is 0.546. The smallest absolute Gasteiger partial charge is 0.102 e. The molecule has 0 amide bonds. The molecule has 0 N–H and O–H groups in total. The van der Waals surface area contributed by atoms with E-state index in [1.54, 1.807) is 0 Å². The first-order valence-corrected chi connectivity index (χ1v) is 16.3. The molecule has 0 aliphatic heterocycles. The molecule has 230 valence electrons. The van der Waals surface area contributed by atoms with Gasteiger partial charge in [-0.25, -0.2) is 0 Å². The quantitative estimate of drug-likeness (QED) is 0.193. The van der Waals surface area contributed by atoms with Crippen molar-refractivity contribution in [2.75, 3.05) is 0 Å². The Bertz CT molecular complexity index is 2920. The van der Waals surface area contributed by atoms with Crippen LogP contribution >= 0.6 is 0 Å². The van der Waals surface area contributed by atoms with E-state index in [0.717, 1.165) is 77.2 Å². The highest BCUT2D eigenvalue weighted by Crippen LogP contribution is 2.40. The Morgan fingerprint density at radius 2 is 0.880 bits per heavy atom. The van der Waals surface area contributed by atoms with Gasteiger partial charge in [-0.05, 0) is 71.8 Å². The van der Waals surface area contributed by atoms with Gasteiger partial charge >= 0.3 is 0 Å². The van der Waals surface area contributed by atoms with Crippen LogP contribution in [0.2, 0.25) is 0 Å². The maximum atomic E-state index is 10.7. The number of nitrogens with zero attached hydrogens (tertiary/aromatic N) is 5. The molecule has 0 atom stereocenters. The number of aromatic nitrogens is 2. The summed E-state index contributed by atoms with van der Waals surface area (Å²) in [6.45, 7) is 0. The molecule has 50 heavy (non-hydrogen) atoms. The lowest BCUT2D eigenvalue weighted by Gasteiger charge is -2.16.